The van der Waals surface area contributed by atoms with Gasteiger partial charge in [0.1, 0.15) is 0 Å². The first-order valence-corrected chi connectivity index (χ1v) is 6.10. The SMILES string of the molecule is Cc1cccc2sc(C(C)CCN)nc12. The molecule has 15 heavy (non-hydrogen) atoms. The molecule has 1 heterocycles. The van der Waals surface area contributed by atoms with Crippen LogP contribution in [0.1, 0.15) is 29.8 Å². The highest BCUT2D eigenvalue weighted by Crippen LogP contribution is 2.30. The number of nitrogens with two attached hydrogens (primary N) is 1. The quantitative estimate of drug-likeness (QED) is 0.863. The number of hydrogen-bond donors (Lipinski definition) is 1. The minimum atomic E-state index is 0.479. The first-order valence-electron chi connectivity index (χ1n) is 5.28. The topological polar surface area (TPSA) is 38.9 Å². The maximum Gasteiger partial charge on any atom is 0.0967 e. The minimum Gasteiger partial charge on any atom is -0.330 e. The number of hydrogen-bond acceptors (Lipinski definition) is 3. The fraction of sp³-hybridized carbons (Fsp3) is 0.417. The van der Waals surface area contributed by atoms with E-state index in [-0.39, 0.29) is 0 Å². The summed E-state index contributed by atoms with van der Waals surface area (Å²) in [6, 6.07) is 6.34. The Balaban J connectivity index is 2.43. The zero-order valence-electron chi connectivity index (χ0n) is 9.16. The van der Waals surface area contributed by atoms with Crippen molar-refractivity contribution in [3.63, 3.8) is 0 Å². The fourth-order valence-corrected chi connectivity index (χ4v) is 2.82. The highest BCUT2D eigenvalue weighted by Gasteiger charge is 2.11. The van der Waals surface area contributed by atoms with E-state index in [0.29, 0.717) is 5.92 Å². The molecular weight excluding hydrogens is 204 g/mol. The average Bonchev–Trinajstić information content (AvgIpc) is 2.63. The van der Waals surface area contributed by atoms with Gasteiger partial charge in [-0.25, -0.2) is 4.98 Å². The third-order valence-electron chi connectivity index (χ3n) is 2.66. The predicted octanol–water partition coefficient (Wildman–Crippen LogP) is 3.06. The van der Waals surface area contributed by atoms with Gasteiger partial charge < -0.3 is 5.73 Å². The van der Waals surface area contributed by atoms with Gasteiger partial charge in [0, 0.05) is 5.92 Å². The monoisotopic (exact) mass is 220 g/mol. The molecule has 0 amide bonds. The number of fused-ring (bicyclic) bond motifs is 1. The molecule has 0 bridgehead atoms. The van der Waals surface area contributed by atoms with Gasteiger partial charge in [-0.15, -0.1) is 11.3 Å². The van der Waals surface area contributed by atoms with E-state index in [9.17, 15) is 0 Å². The van der Waals surface area contributed by atoms with Crippen LogP contribution in [0, 0.1) is 6.92 Å². The molecule has 3 heteroatoms. The Morgan fingerprint density at radius 2 is 2.27 bits per heavy atom. The number of rotatable bonds is 3. The summed E-state index contributed by atoms with van der Waals surface area (Å²) in [6.45, 7) is 5.04. The molecular formula is C12H16N2S. The van der Waals surface area contributed by atoms with Gasteiger partial charge in [0.25, 0.3) is 0 Å². The lowest BCUT2D eigenvalue weighted by Gasteiger charge is -2.03. The molecule has 1 aromatic heterocycles. The summed E-state index contributed by atoms with van der Waals surface area (Å²) in [5.41, 5.74) is 7.98. The van der Waals surface area contributed by atoms with E-state index in [0.717, 1.165) is 18.5 Å². The molecule has 0 spiro atoms. The summed E-state index contributed by atoms with van der Waals surface area (Å²) in [6.07, 6.45) is 1.01. The molecule has 0 aliphatic carbocycles. The summed E-state index contributed by atoms with van der Waals surface area (Å²) in [5, 5.41) is 1.21. The van der Waals surface area contributed by atoms with E-state index in [1.54, 1.807) is 11.3 Å². The summed E-state index contributed by atoms with van der Waals surface area (Å²) in [4.78, 5) is 4.69. The third-order valence-corrected chi connectivity index (χ3v) is 3.91. The lowest BCUT2D eigenvalue weighted by Crippen LogP contribution is -2.04. The zero-order valence-corrected chi connectivity index (χ0v) is 9.97. The zero-order chi connectivity index (χ0) is 10.8. The summed E-state index contributed by atoms with van der Waals surface area (Å²) < 4.78 is 1.29. The van der Waals surface area contributed by atoms with Crippen LogP contribution in [-0.2, 0) is 0 Å². The second-order valence-corrected chi connectivity index (χ2v) is 5.01. The Kier molecular flexibility index (Phi) is 3.03. The number of aryl methyl sites for hydroxylation is 1. The molecule has 0 fully saturated rings. The Hall–Kier alpha value is -0.930. The smallest absolute Gasteiger partial charge is 0.0967 e. The average molecular weight is 220 g/mol. The van der Waals surface area contributed by atoms with Gasteiger partial charge in [-0.05, 0) is 31.5 Å². The molecule has 2 nitrogen and oxygen atoms in total. The van der Waals surface area contributed by atoms with E-state index < -0.39 is 0 Å². The summed E-state index contributed by atoms with van der Waals surface area (Å²) in [7, 11) is 0. The number of nitrogens with zero attached hydrogens (tertiary/aromatic N) is 1. The van der Waals surface area contributed by atoms with Crippen molar-refractivity contribution >= 4 is 21.6 Å². The van der Waals surface area contributed by atoms with Crippen LogP contribution in [-0.4, -0.2) is 11.5 Å². The number of para-hydroxylation sites is 1. The molecule has 2 rings (SSSR count). The highest BCUT2D eigenvalue weighted by atomic mass is 32.1. The Bertz CT molecular complexity index is 462. The second kappa shape index (κ2) is 4.29. The largest absolute Gasteiger partial charge is 0.330 e. The molecule has 80 valence electrons. The van der Waals surface area contributed by atoms with Crippen LogP contribution in [0.15, 0.2) is 18.2 Å². The fourth-order valence-electron chi connectivity index (χ4n) is 1.69. The molecule has 2 aromatic rings. The number of benzene rings is 1. The molecule has 1 unspecified atom stereocenters. The number of thiazole rings is 1. The van der Waals surface area contributed by atoms with Crippen molar-refractivity contribution in [1.29, 1.82) is 0 Å². The van der Waals surface area contributed by atoms with Gasteiger partial charge in [0.15, 0.2) is 0 Å². The predicted molar refractivity (Wildman–Crippen MR) is 66.4 cm³/mol. The molecule has 0 aliphatic rings. The van der Waals surface area contributed by atoms with Gasteiger partial charge >= 0.3 is 0 Å². The molecule has 0 saturated carbocycles. The van der Waals surface area contributed by atoms with Crippen molar-refractivity contribution in [3.8, 4) is 0 Å². The van der Waals surface area contributed by atoms with E-state index in [1.807, 2.05) is 0 Å². The van der Waals surface area contributed by atoms with Crippen LogP contribution >= 0.6 is 11.3 Å². The highest BCUT2D eigenvalue weighted by molar-refractivity contribution is 7.18. The Morgan fingerprint density at radius 1 is 1.47 bits per heavy atom. The van der Waals surface area contributed by atoms with Crippen molar-refractivity contribution in [2.24, 2.45) is 5.73 Å². The van der Waals surface area contributed by atoms with Gasteiger partial charge in [0.2, 0.25) is 0 Å². The van der Waals surface area contributed by atoms with Crippen molar-refractivity contribution < 1.29 is 0 Å². The van der Waals surface area contributed by atoms with E-state index in [4.69, 9.17) is 10.7 Å². The maximum absolute atomic E-state index is 5.57. The molecule has 1 aromatic carbocycles. The molecule has 0 saturated heterocycles. The molecule has 2 N–H and O–H groups in total. The normalized spacial score (nSPS) is 13.3. The maximum atomic E-state index is 5.57. The standard InChI is InChI=1S/C12H16N2S/c1-8-4-3-5-10-11(8)14-12(15-10)9(2)6-7-13/h3-5,9H,6-7,13H2,1-2H3. The molecule has 0 radical (unpaired) electrons. The van der Waals surface area contributed by atoms with Crippen molar-refractivity contribution in [1.82, 2.24) is 4.98 Å². The van der Waals surface area contributed by atoms with E-state index in [1.165, 1.54) is 15.3 Å². The van der Waals surface area contributed by atoms with Gasteiger partial charge in [-0.3, -0.25) is 0 Å². The van der Waals surface area contributed by atoms with Crippen LogP contribution in [0.3, 0.4) is 0 Å². The van der Waals surface area contributed by atoms with E-state index in [2.05, 4.69) is 32.0 Å². The van der Waals surface area contributed by atoms with Crippen LogP contribution in [0.5, 0.6) is 0 Å². The Labute approximate surface area is 94.1 Å². The summed E-state index contributed by atoms with van der Waals surface area (Å²) in [5.74, 6) is 0.479. The first-order chi connectivity index (χ1) is 7.22. The van der Waals surface area contributed by atoms with Crippen molar-refractivity contribution in [3.05, 3.63) is 28.8 Å². The lowest BCUT2D eigenvalue weighted by atomic mass is 10.1. The Morgan fingerprint density at radius 3 is 2.93 bits per heavy atom. The van der Waals surface area contributed by atoms with Gasteiger partial charge in [-0.2, -0.15) is 0 Å². The number of aromatic nitrogens is 1. The minimum absolute atomic E-state index is 0.479. The lowest BCUT2D eigenvalue weighted by molar-refractivity contribution is 0.686. The third kappa shape index (κ3) is 2.03. The van der Waals surface area contributed by atoms with Gasteiger partial charge in [0.05, 0.1) is 15.2 Å². The van der Waals surface area contributed by atoms with Crippen LogP contribution in [0.4, 0.5) is 0 Å². The van der Waals surface area contributed by atoms with Crippen LogP contribution in [0.2, 0.25) is 0 Å². The van der Waals surface area contributed by atoms with Gasteiger partial charge in [-0.1, -0.05) is 19.1 Å². The second-order valence-electron chi connectivity index (χ2n) is 3.95. The van der Waals surface area contributed by atoms with E-state index >= 15 is 0 Å². The van der Waals surface area contributed by atoms with Crippen molar-refractivity contribution in [2.45, 2.75) is 26.2 Å². The summed E-state index contributed by atoms with van der Waals surface area (Å²) >= 11 is 1.79. The molecule has 0 aliphatic heterocycles. The van der Waals surface area contributed by atoms with Crippen molar-refractivity contribution in [2.75, 3.05) is 6.54 Å². The molecule has 1 atom stereocenters. The van der Waals surface area contributed by atoms with Crippen LogP contribution < -0.4 is 5.73 Å². The van der Waals surface area contributed by atoms with Crippen LogP contribution in [0.25, 0.3) is 10.2 Å². The first kappa shape index (κ1) is 10.6.